The molecule has 3 aromatic rings. The fourth-order valence-corrected chi connectivity index (χ4v) is 2.40. The van der Waals surface area contributed by atoms with Crippen molar-refractivity contribution in [1.82, 2.24) is 9.78 Å². The number of para-hydroxylation sites is 1. The van der Waals surface area contributed by atoms with Gasteiger partial charge in [-0.2, -0.15) is 10.4 Å². The molecule has 0 bridgehead atoms. The van der Waals surface area contributed by atoms with Gasteiger partial charge in [0.05, 0.1) is 25.6 Å². The average Bonchev–Trinajstić information content (AvgIpc) is 3.06. The van der Waals surface area contributed by atoms with Gasteiger partial charge in [-0.3, -0.25) is 0 Å². The molecule has 2 aromatic carbocycles. The third-order valence-corrected chi connectivity index (χ3v) is 3.51. The first-order valence-corrected chi connectivity index (χ1v) is 7.05. The van der Waals surface area contributed by atoms with Crippen molar-refractivity contribution in [3.8, 4) is 34.5 Å². The maximum Gasteiger partial charge on any atom is 0.163 e. The van der Waals surface area contributed by atoms with Crippen molar-refractivity contribution >= 4 is 0 Å². The predicted molar refractivity (Wildman–Crippen MR) is 86.8 cm³/mol. The van der Waals surface area contributed by atoms with Crippen LogP contribution in [0.15, 0.2) is 54.6 Å². The van der Waals surface area contributed by atoms with E-state index in [9.17, 15) is 5.26 Å². The van der Waals surface area contributed by atoms with Crippen molar-refractivity contribution in [3.63, 3.8) is 0 Å². The van der Waals surface area contributed by atoms with E-state index in [1.807, 2.05) is 48.5 Å². The molecule has 3 rings (SSSR count). The van der Waals surface area contributed by atoms with Crippen molar-refractivity contribution in [2.75, 3.05) is 14.2 Å². The monoisotopic (exact) mass is 305 g/mol. The summed E-state index contributed by atoms with van der Waals surface area (Å²) in [5.41, 5.74) is 2.85. The Labute approximate surface area is 134 Å². The Hall–Kier alpha value is -3.26. The molecule has 0 aliphatic rings. The van der Waals surface area contributed by atoms with Crippen LogP contribution in [0, 0.1) is 11.3 Å². The fraction of sp³-hybridized carbons (Fsp3) is 0.111. The molecule has 114 valence electrons. The minimum atomic E-state index is 0.349. The molecular weight excluding hydrogens is 290 g/mol. The zero-order valence-corrected chi connectivity index (χ0v) is 12.9. The molecule has 0 amide bonds. The number of hydrogen-bond acceptors (Lipinski definition) is 4. The molecule has 5 nitrogen and oxygen atoms in total. The van der Waals surface area contributed by atoms with Crippen LogP contribution in [0.25, 0.3) is 16.9 Å². The van der Waals surface area contributed by atoms with Gasteiger partial charge in [0.15, 0.2) is 5.69 Å². The Kier molecular flexibility index (Phi) is 3.98. The Balaban J connectivity index is 2.21. The van der Waals surface area contributed by atoms with Crippen LogP contribution < -0.4 is 9.47 Å². The maximum atomic E-state index is 9.20. The number of nitriles is 1. The molecule has 0 spiro atoms. The van der Waals surface area contributed by atoms with Gasteiger partial charge in [0.1, 0.15) is 17.6 Å². The molecular formula is C18H15N3O2. The van der Waals surface area contributed by atoms with Gasteiger partial charge >= 0.3 is 0 Å². The summed E-state index contributed by atoms with van der Waals surface area (Å²) in [7, 11) is 3.21. The summed E-state index contributed by atoms with van der Waals surface area (Å²) in [6.45, 7) is 0. The maximum absolute atomic E-state index is 9.20. The highest BCUT2D eigenvalue weighted by Crippen LogP contribution is 2.34. The topological polar surface area (TPSA) is 60.1 Å². The standard InChI is InChI=1S/C18H15N3O2/c1-22-15-8-9-16(18(11-15)23-2)17-10-13(12-19)20-21(17)14-6-4-3-5-7-14/h3-11H,1-2H3. The third kappa shape index (κ3) is 2.74. The summed E-state index contributed by atoms with van der Waals surface area (Å²) in [6.07, 6.45) is 0. The molecule has 5 heteroatoms. The molecule has 0 radical (unpaired) electrons. The van der Waals surface area contributed by atoms with Crippen LogP contribution in [-0.2, 0) is 0 Å². The predicted octanol–water partition coefficient (Wildman–Crippen LogP) is 3.43. The van der Waals surface area contributed by atoms with Crippen LogP contribution in [0.1, 0.15) is 5.69 Å². The number of methoxy groups -OCH3 is 2. The molecule has 1 aromatic heterocycles. The van der Waals surface area contributed by atoms with Crippen LogP contribution in [0.5, 0.6) is 11.5 Å². The van der Waals surface area contributed by atoms with Gasteiger partial charge in [0.25, 0.3) is 0 Å². The zero-order chi connectivity index (χ0) is 16.2. The van der Waals surface area contributed by atoms with E-state index >= 15 is 0 Å². The lowest BCUT2D eigenvalue weighted by Crippen LogP contribution is -2.00. The Morgan fingerprint density at radius 1 is 1.00 bits per heavy atom. The van der Waals surface area contributed by atoms with Crippen molar-refractivity contribution in [2.24, 2.45) is 0 Å². The number of hydrogen-bond donors (Lipinski definition) is 0. The Morgan fingerprint density at radius 3 is 2.43 bits per heavy atom. The third-order valence-electron chi connectivity index (χ3n) is 3.51. The van der Waals surface area contributed by atoms with Gasteiger partial charge in [-0.15, -0.1) is 0 Å². The molecule has 23 heavy (non-hydrogen) atoms. The minimum absolute atomic E-state index is 0.349. The first-order valence-electron chi connectivity index (χ1n) is 7.05. The lowest BCUT2D eigenvalue weighted by Gasteiger charge is -2.12. The van der Waals surface area contributed by atoms with E-state index in [4.69, 9.17) is 9.47 Å². The van der Waals surface area contributed by atoms with Gasteiger partial charge in [-0.1, -0.05) is 18.2 Å². The second-order valence-corrected chi connectivity index (χ2v) is 4.84. The SMILES string of the molecule is COc1ccc(-c2cc(C#N)nn2-c2ccccc2)c(OC)c1. The second kappa shape index (κ2) is 6.24. The summed E-state index contributed by atoms with van der Waals surface area (Å²) >= 11 is 0. The quantitative estimate of drug-likeness (QED) is 0.741. The zero-order valence-electron chi connectivity index (χ0n) is 12.9. The molecule has 0 N–H and O–H groups in total. The van der Waals surface area contributed by atoms with Gasteiger partial charge in [0, 0.05) is 17.7 Å². The number of rotatable bonds is 4. The van der Waals surface area contributed by atoms with Crippen molar-refractivity contribution in [3.05, 3.63) is 60.3 Å². The smallest absolute Gasteiger partial charge is 0.163 e. The summed E-state index contributed by atoms with van der Waals surface area (Å²) < 4.78 is 12.4. The highest BCUT2D eigenvalue weighted by Gasteiger charge is 2.16. The fourth-order valence-electron chi connectivity index (χ4n) is 2.40. The largest absolute Gasteiger partial charge is 0.497 e. The number of benzene rings is 2. The van der Waals surface area contributed by atoms with E-state index in [2.05, 4.69) is 11.2 Å². The summed E-state index contributed by atoms with van der Waals surface area (Å²) in [6, 6.07) is 19.1. The molecule has 1 heterocycles. The molecule has 0 saturated heterocycles. The summed E-state index contributed by atoms with van der Waals surface area (Å²) in [5, 5.41) is 13.6. The molecule has 0 fully saturated rings. The summed E-state index contributed by atoms with van der Waals surface area (Å²) in [5.74, 6) is 1.36. The van der Waals surface area contributed by atoms with E-state index in [1.165, 1.54) is 0 Å². The van der Waals surface area contributed by atoms with E-state index < -0.39 is 0 Å². The first kappa shape index (κ1) is 14.7. The number of nitrogens with zero attached hydrogens (tertiary/aromatic N) is 3. The molecule has 0 unspecified atom stereocenters. The molecule has 0 atom stereocenters. The molecule has 0 aliphatic carbocycles. The van der Waals surface area contributed by atoms with Gasteiger partial charge < -0.3 is 9.47 Å². The van der Waals surface area contributed by atoms with E-state index in [0.29, 0.717) is 17.2 Å². The highest BCUT2D eigenvalue weighted by molar-refractivity contribution is 5.71. The van der Waals surface area contributed by atoms with Crippen molar-refractivity contribution < 1.29 is 9.47 Å². The normalized spacial score (nSPS) is 10.1. The van der Waals surface area contributed by atoms with Gasteiger partial charge in [-0.25, -0.2) is 4.68 Å². The van der Waals surface area contributed by atoms with Crippen LogP contribution >= 0.6 is 0 Å². The van der Waals surface area contributed by atoms with Crippen LogP contribution in [-0.4, -0.2) is 24.0 Å². The van der Waals surface area contributed by atoms with Gasteiger partial charge in [0.2, 0.25) is 0 Å². The number of aromatic nitrogens is 2. The Morgan fingerprint density at radius 2 is 1.78 bits per heavy atom. The van der Waals surface area contributed by atoms with Crippen LogP contribution in [0.3, 0.4) is 0 Å². The molecule has 0 saturated carbocycles. The van der Waals surface area contributed by atoms with E-state index in [-0.39, 0.29) is 0 Å². The minimum Gasteiger partial charge on any atom is -0.497 e. The lowest BCUT2D eigenvalue weighted by atomic mass is 10.1. The number of ether oxygens (including phenoxy) is 2. The highest BCUT2D eigenvalue weighted by atomic mass is 16.5. The van der Waals surface area contributed by atoms with E-state index in [0.717, 1.165) is 16.9 Å². The average molecular weight is 305 g/mol. The lowest BCUT2D eigenvalue weighted by molar-refractivity contribution is 0.395. The van der Waals surface area contributed by atoms with Gasteiger partial charge in [-0.05, 0) is 24.3 Å². The van der Waals surface area contributed by atoms with Crippen LogP contribution in [0.2, 0.25) is 0 Å². The van der Waals surface area contributed by atoms with Crippen LogP contribution in [0.4, 0.5) is 0 Å². The van der Waals surface area contributed by atoms with E-state index in [1.54, 1.807) is 25.0 Å². The van der Waals surface area contributed by atoms with Crippen molar-refractivity contribution in [1.29, 1.82) is 5.26 Å². The molecule has 0 aliphatic heterocycles. The summed E-state index contributed by atoms with van der Waals surface area (Å²) in [4.78, 5) is 0. The second-order valence-electron chi connectivity index (χ2n) is 4.84. The Bertz CT molecular complexity index is 864. The van der Waals surface area contributed by atoms with Crippen molar-refractivity contribution in [2.45, 2.75) is 0 Å². The first-order chi connectivity index (χ1) is 11.3.